The summed E-state index contributed by atoms with van der Waals surface area (Å²) in [5.41, 5.74) is 0. The highest BCUT2D eigenvalue weighted by Crippen LogP contribution is 2.48. The molecule has 0 amide bonds. The van der Waals surface area contributed by atoms with Crippen LogP contribution in [0.25, 0.3) is 0 Å². The molecule has 3 atom stereocenters. The van der Waals surface area contributed by atoms with E-state index in [1.807, 2.05) is 0 Å². The van der Waals surface area contributed by atoms with Gasteiger partial charge in [-0.15, -0.1) is 12.4 Å². The summed E-state index contributed by atoms with van der Waals surface area (Å²) >= 11 is 0. The monoisotopic (exact) mass is 176 g/mol. The molecule has 11 heavy (non-hydrogen) atoms. The SMILES string of the molecule is Cl.O=C(O)C1CC2CCC1C2. The lowest BCUT2D eigenvalue weighted by Crippen LogP contribution is -2.19. The van der Waals surface area contributed by atoms with Gasteiger partial charge in [0.15, 0.2) is 0 Å². The van der Waals surface area contributed by atoms with Gasteiger partial charge in [0.05, 0.1) is 5.92 Å². The third-order valence-electron chi connectivity index (χ3n) is 3.06. The Labute approximate surface area is 72.4 Å². The van der Waals surface area contributed by atoms with E-state index in [4.69, 9.17) is 5.11 Å². The summed E-state index contributed by atoms with van der Waals surface area (Å²) in [6.45, 7) is 0. The van der Waals surface area contributed by atoms with Gasteiger partial charge in [0.2, 0.25) is 0 Å². The number of carboxylic acids is 1. The minimum Gasteiger partial charge on any atom is -0.481 e. The van der Waals surface area contributed by atoms with Gasteiger partial charge in [-0.1, -0.05) is 6.42 Å². The molecule has 0 aromatic rings. The Balaban J connectivity index is 0.000000605. The first-order valence-electron chi connectivity index (χ1n) is 4.00. The van der Waals surface area contributed by atoms with Crippen molar-refractivity contribution in [2.75, 3.05) is 0 Å². The Morgan fingerprint density at radius 3 is 2.27 bits per heavy atom. The van der Waals surface area contributed by atoms with Gasteiger partial charge in [-0.25, -0.2) is 0 Å². The highest BCUT2D eigenvalue weighted by molar-refractivity contribution is 5.85. The summed E-state index contributed by atoms with van der Waals surface area (Å²) in [5.74, 6) is 0.736. The van der Waals surface area contributed by atoms with Crippen LogP contribution in [0.3, 0.4) is 0 Å². The summed E-state index contributed by atoms with van der Waals surface area (Å²) in [4.78, 5) is 10.6. The maximum Gasteiger partial charge on any atom is 0.306 e. The van der Waals surface area contributed by atoms with Gasteiger partial charge in [0, 0.05) is 0 Å². The van der Waals surface area contributed by atoms with Crippen LogP contribution in [0.2, 0.25) is 0 Å². The summed E-state index contributed by atoms with van der Waals surface area (Å²) in [6, 6.07) is 0. The summed E-state index contributed by atoms with van der Waals surface area (Å²) < 4.78 is 0. The lowest BCUT2D eigenvalue weighted by atomic mass is 9.89. The third kappa shape index (κ3) is 1.36. The highest BCUT2D eigenvalue weighted by atomic mass is 35.5. The number of aliphatic carboxylic acids is 1. The zero-order chi connectivity index (χ0) is 7.14. The first kappa shape index (κ1) is 8.85. The van der Waals surface area contributed by atoms with Gasteiger partial charge in [0.25, 0.3) is 0 Å². The lowest BCUT2D eigenvalue weighted by Gasteiger charge is -2.16. The second kappa shape index (κ2) is 3.02. The quantitative estimate of drug-likeness (QED) is 0.663. The smallest absolute Gasteiger partial charge is 0.306 e. The van der Waals surface area contributed by atoms with Gasteiger partial charge in [-0.05, 0) is 31.1 Å². The van der Waals surface area contributed by atoms with Gasteiger partial charge in [-0.2, -0.15) is 0 Å². The van der Waals surface area contributed by atoms with Crippen LogP contribution in [0.1, 0.15) is 25.7 Å². The van der Waals surface area contributed by atoms with Crippen LogP contribution < -0.4 is 0 Å². The topological polar surface area (TPSA) is 37.3 Å². The zero-order valence-electron chi connectivity index (χ0n) is 6.32. The van der Waals surface area contributed by atoms with Crippen molar-refractivity contribution in [2.24, 2.45) is 17.8 Å². The van der Waals surface area contributed by atoms with Crippen LogP contribution >= 0.6 is 12.4 Å². The number of hydrogen-bond donors (Lipinski definition) is 1. The van der Waals surface area contributed by atoms with E-state index in [0.29, 0.717) is 5.92 Å². The molecule has 0 aromatic heterocycles. The third-order valence-corrected chi connectivity index (χ3v) is 3.06. The minimum absolute atomic E-state index is 0. The highest BCUT2D eigenvalue weighted by Gasteiger charge is 2.42. The fourth-order valence-corrected chi connectivity index (χ4v) is 2.55. The van der Waals surface area contributed by atoms with Crippen LogP contribution in [0, 0.1) is 17.8 Å². The summed E-state index contributed by atoms with van der Waals surface area (Å²) in [6.07, 6.45) is 4.60. The number of halogens is 1. The standard InChI is InChI=1S/C8H12O2.ClH/c9-8(10)7-4-5-1-2-6(7)3-5;/h5-7H,1-4H2,(H,9,10);1H. The van der Waals surface area contributed by atoms with Crippen LogP contribution in [-0.2, 0) is 4.79 Å². The van der Waals surface area contributed by atoms with Crippen molar-refractivity contribution >= 4 is 18.4 Å². The zero-order valence-corrected chi connectivity index (χ0v) is 7.14. The molecule has 2 bridgehead atoms. The van der Waals surface area contributed by atoms with Crippen LogP contribution in [0.15, 0.2) is 0 Å². The Hall–Kier alpha value is -0.240. The Bertz CT molecular complexity index is 169. The molecule has 2 saturated carbocycles. The minimum atomic E-state index is -0.563. The summed E-state index contributed by atoms with van der Waals surface area (Å²) in [5, 5.41) is 8.74. The van der Waals surface area contributed by atoms with Crippen LogP contribution in [0.5, 0.6) is 0 Å². The molecular formula is C8H13ClO2. The molecule has 2 aliphatic carbocycles. The average molecular weight is 177 g/mol. The van der Waals surface area contributed by atoms with E-state index in [1.165, 1.54) is 19.3 Å². The predicted molar refractivity (Wildman–Crippen MR) is 43.8 cm³/mol. The van der Waals surface area contributed by atoms with E-state index in [-0.39, 0.29) is 18.3 Å². The second-order valence-corrected chi connectivity index (χ2v) is 3.62. The van der Waals surface area contributed by atoms with Crippen molar-refractivity contribution in [1.29, 1.82) is 0 Å². The first-order chi connectivity index (χ1) is 4.77. The maximum atomic E-state index is 10.6. The van der Waals surface area contributed by atoms with Crippen LogP contribution in [-0.4, -0.2) is 11.1 Å². The van der Waals surface area contributed by atoms with Crippen molar-refractivity contribution < 1.29 is 9.90 Å². The number of fused-ring (bicyclic) bond motifs is 2. The summed E-state index contributed by atoms with van der Waals surface area (Å²) in [7, 11) is 0. The van der Waals surface area contributed by atoms with Crippen LogP contribution in [0.4, 0.5) is 0 Å². The van der Waals surface area contributed by atoms with Crippen molar-refractivity contribution in [3.05, 3.63) is 0 Å². The first-order valence-corrected chi connectivity index (χ1v) is 4.00. The molecule has 0 heterocycles. The number of carboxylic acid groups (broad SMARTS) is 1. The van der Waals surface area contributed by atoms with E-state index in [1.54, 1.807) is 0 Å². The molecule has 1 N–H and O–H groups in total. The molecule has 2 aliphatic rings. The molecule has 0 aliphatic heterocycles. The van der Waals surface area contributed by atoms with E-state index in [9.17, 15) is 4.79 Å². The Morgan fingerprint density at radius 1 is 1.27 bits per heavy atom. The maximum absolute atomic E-state index is 10.6. The van der Waals surface area contributed by atoms with E-state index < -0.39 is 5.97 Å². The van der Waals surface area contributed by atoms with Gasteiger partial charge < -0.3 is 5.11 Å². The van der Waals surface area contributed by atoms with Gasteiger partial charge in [-0.3, -0.25) is 4.79 Å². The molecule has 0 radical (unpaired) electrons. The van der Waals surface area contributed by atoms with E-state index >= 15 is 0 Å². The van der Waals surface area contributed by atoms with Crippen molar-refractivity contribution in [3.63, 3.8) is 0 Å². The van der Waals surface area contributed by atoms with E-state index in [0.717, 1.165) is 12.3 Å². The number of carbonyl (C=O) groups is 1. The molecule has 3 unspecified atom stereocenters. The molecule has 0 aromatic carbocycles. The van der Waals surface area contributed by atoms with Crippen molar-refractivity contribution in [1.82, 2.24) is 0 Å². The molecule has 2 rings (SSSR count). The van der Waals surface area contributed by atoms with Gasteiger partial charge >= 0.3 is 5.97 Å². The Kier molecular flexibility index (Phi) is 2.43. The molecule has 3 heteroatoms. The van der Waals surface area contributed by atoms with Crippen molar-refractivity contribution in [2.45, 2.75) is 25.7 Å². The second-order valence-electron chi connectivity index (χ2n) is 3.62. The largest absolute Gasteiger partial charge is 0.481 e. The van der Waals surface area contributed by atoms with E-state index in [2.05, 4.69) is 0 Å². The molecule has 0 saturated heterocycles. The van der Waals surface area contributed by atoms with Crippen molar-refractivity contribution in [3.8, 4) is 0 Å². The fraction of sp³-hybridized carbons (Fsp3) is 0.875. The normalized spacial score (nSPS) is 40.2. The number of rotatable bonds is 1. The van der Waals surface area contributed by atoms with Gasteiger partial charge in [0.1, 0.15) is 0 Å². The molecule has 0 spiro atoms. The fourth-order valence-electron chi connectivity index (χ4n) is 2.55. The lowest BCUT2D eigenvalue weighted by molar-refractivity contribution is -0.143. The predicted octanol–water partition coefficient (Wildman–Crippen LogP) is 1.93. The molecular weight excluding hydrogens is 164 g/mol. The molecule has 64 valence electrons. The molecule has 2 nitrogen and oxygen atoms in total. The molecule has 2 fully saturated rings. The number of hydrogen-bond acceptors (Lipinski definition) is 1. The Morgan fingerprint density at radius 2 is 2.00 bits per heavy atom. The average Bonchev–Trinajstić information content (AvgIpc) is 2.44.